The Balaban J connectivity index is 1.74. The summed E-state index contributed by atoms with van der Waals surface area (Å²) in [5, 5.41) is 2.91. The van der Waals surface area contributed by atoms with Crippen LogP contribution in [0.15, 0.2) is 47.4 Å². The molecule has 7 nitrogen and oxygen atoms in total. The molecule has 1 aliphatic rings. The third kappa shape index (κ3) is 5.68. The maximum Gasteiger partial charge on any atom is 0.262 e. The summed E-state index contributed by atoms with van der Waals surface area (Å²) in [6, 6.07) is 11.6. The van der Waals surface area contributed by atoms with Gasteiger partial charge in [-0.1, -0.05) is 30.7 Å². The van der Waals surface area contributed by atoms with Gasteiger partial charge in [-0.25, -0.2) is 8.42 Å². The monoisotopic (exact) mass is 457 g/mol. The van der Waals surface area contributed by atoms with Gasteiger partial charge in [-0.05, 0) is 62.9 Å². The standard InChI is InChI=1S/C24H31N3O4S/c1-4-12-25-23(28)20-8-6-13-27(16-20)24(29)19-7-5-9-21(15-19)26-32(30,31)22-11-10-17(2)14-18(22)3/h5,7,9-11,14-15,20,26H,4,6,8,12-13,16H2,1-3H3,(H,25,28)/t20-/m0/s1. The molecular formula is C24H31N3O4S. The van der Waals surface area contributed by atoms with Gasteiger partial charge in [-0.15, -0.1) is 0 Å². The molecule has 32 heavy (non-hydrogen) atoms. The summed E-state index contributed by atoms with van der Waals surface area (Å²) in [6.45, 7) is 7.24. The van der Waals surface area contributed by atoms with Gasteiger partial charge in [0.05, 0.1) is 10.8 Å². The number of piperidine rings is 1. The maximum atomic E-state index is 13.1. The Morgan fingerprint density at radius 3 is 2.62 bits per heavy atom. The van der Waals surface area contributed by atoms with Gasteiger partial charge in [-0.2, -0.15) is 0 Å². The zero-order valence-corrected chi connectivity index (χ0v) is 19.7. The van der Waals surface area contributed by atoms with Crippen LogP contribution in [0.25, 0.3) is 0 Å². The number of amides is 2. The molecule has 0 saturated carbocycles. The van der Waals surface area contributed by atoms with Gasteiger partial charge in [0.15, 0.2) is 0 Å². The topological polar surface area (TPSA) is 95.6 Å². The number of nitrogens with one attached hydrogen (secondary N) is 2. The Morgan fingerprint density at radius 1 is 1.12 bits per heavy atom. The fraction of sp³-hybridized carbons (Fsp3) is 0.417. The second kappa shape index (κ2) is 10.2. The highest BCUT2D eigenvalue weighted by molar-refractivity contribution is 7.92. The van der Waals surface area contributed by atoms with E-state index in [0.717, 1.165) is 24.8 Å². The highest BCUT2D eigenvalue weighted by Gasteiger charge is 2.29. The minimum Gasteiger partial charge on any atom is -0.356 e. The molecule has 8 heteroatoms. The molecule has 172 valence electrons. The predicted molar refractivity (Wildman–Crippen MR) is 125 cm³/mol. The summed E-state index contributed by atoms with van der Waals surface area (Å²) in [7, 11) is -3.78. The Labute approximate surface area is 190 Å². The molecule has 1 aliphatic heterocycles. The maximum absolute atomic E-state index is 13.1. The molecule has 0 unspecified atom stereocenters. The van der Waals surface area contributed by atoms with Crippen molar-refractivity contribution in [1.29, 1.82) is 0 Å². The van der Waals surface area contributed by atoms with Gasteiger partial charge < -0.3 is 10.2 Å². The van der Waals surface area contributed by atoms with E-state index in [1.54, 1.807) is 48.2 Å². The van der Waals surface area contributed by atoms with E-state index in [-0.39, 0.29) is 22.6 Å². The van der Waals surface area contributed by atoms with Crippen LogP contribution < -0.4 is 10.0 Å². The van der Waals surface area contributed by atoms with Crippen molar-refractivity contribution in [3.63, 3.8) is 0 Å². The summed E-state index contributed by atoms with van der Waals surface area (Å²) >= 11 is 0. The van der Waals surface area contributed by atoms with Crippen molar-refractivity contribution >= 4 is 27.5 Å². The Morgan fingerprint density at radius 2 is 1.91 bits per heavy atom. The summed E-state index contributed by atoms with van der Waals surface area (Å²) in [6.07, 6.45) is 2.38. The lowest BCUT2D eigenvalue weighted by molar-refractivity contribution is -0.126. The van der Waals surface area contributed by atoms with E-state index in [9.17, 15) is 18.0 Å². The van der Waals surface area contributed by atoms with E-state index in [0.29, 0.717) is 36.4 Å². The Hall–Kier alpha value is -2.87. The lowest BCUT2D eigenvalue weighted by Crippen LogP contribution is -2.45. The number of hydrogen-bond acceptors (Lipinski definition) is 4. The van der Waals surface area contributed by atoms with Gasteiger partial charge in [0.1, 0.15) is 0 Å². The molecule has 0 aliphatic carbocycles. The molecule has 0 aromatic heterocycles. The first kappa shape index (κ1) is 23.8. The van der Waals surface area contributed by atoms with E-state index < -0.39 is 10.0 Å². The minimum absolute atomic E-state index is 0.0145. The molecule has 1 heterocycles. The van der Waals surface area contributed by atoms with Crippen molar-refractivity contribution in [3.8, 4) is 0 Å². The van der Waals surface area contributed by atoms with Crippen LogP contribution in [0.1, 0.15) is 47.7 Å². The van der Waals surface area contributed by atoms with Crippen LogP contribution in [0, 0.1) is 19.8 Å². The van der Waals surface area contributed by atoms with Gasteiger partial charge in [0, 0.05) is 30.9 Å². The number of nitrogens with zero attached hydrogens (tertiary/aromatic N) is 1. The average molecular weight is 458 g/mol. The molecule has 3 rings (SSSR count). The lowest BCUT2D eigenvalue weighted by atomic mass is 9.96. The average Bonchev–Trinajstić information content (AvgIpc) is 2.76. The molecule has 0 radical (unpaired) electrons. The third-order valence-corrected chi connectivity index (χ3v) is 7.15. The smallest absolute Gasteiger partial charge is 0.262 e. The zero-order valence-electron chi connectivity index (χ0n) is 18.8. The summed E-state index contributed by atoms with van der Waals surface area (Å²) in [4.78, 5) is 27.3. The SMILES string of the molecule is CCCNC(=O)[C@H]1CCCN(C(=O)c2cccc(NS(=O)(=O)c3ccc(C)cc3C)c2)C1. The van der Waals surface area contributed by atoms with Crippen molar-refractivity contribution in [2.45, 2.75) is 44.9 Å². The number of anilines is 1. The van der Waals surface area contributed by atoms with Crippen LogP contribution in [-0.4, -0.2) is 44.8 Å². The molecule has 2 amide bonds. The fourth-order valence-electron chi connectivity index (χ4n) is 3.98. The highest BCUT2D eigenvalue weighted by atomic mass is 32.2. The van der Waals surface area contributed by atoms with Gasteiger partial charge >= 0.3 is 0 Å². The first-order valence-corrected chi connectivity index (χ1v) is 12.5. The summed E-state index contributed by atoms with van der Waals surface area (Å²) in [5.41, 5.74) is 2.35. The van der Waals surface area contributed by atoms with Crippen molar-refractivity contribution in [2.24, 2.45) is 5.92 Å². The number of aryl methyl sites for hydroxylation is 2. The first-order chi connectivity index (χ1) is 15.2. The third-order valence-electron chi connectivity index (χ3n) is 5.61. The lowest BCUT2D eigenvalue weighted by Gasteiger charge is -2.32. The summed E-state index contributed by atoms with van der Waals surface area (Å²) < 4.78 is 28.3. The van der Waals surface area contributed by atoms with E-state index in [1.165, 1.54) is 0 Å². The molecule has 0 spiro atoms. The molecule has 0 bridgehead atoms. The van der Waals surface area contributed by atoms with Crippen molar-refractivity contribution < 1.29 is 18.0 Å². The van der Waals surface area contributed by atoms with Crippen LogP contribution in [0.2, 0.25) is 0 Å². The van der Waals surface area contributed by atoms with Gasteiger partial charge in [0.2, 0.25) is 5.91 Å². The van der Waals surface area contributed by atoms with Gasteiger partial charge in [0.25, 0.3) is 15.9 Å². The number of rotatable bonds is 7. The van der Waals surface area contributed by atoms with Crippen molar-refractivity contribution in [2.75, 3.05) is 24.4 Å². The van der Waals surface area contributed by atoms with Crippen LogP contribution >= 0.6 is 0 Å². The second-order valence-electron chi connectivity index (χ2n) is 8.34. The fourth-order valence-corrected chi connectivity index (χ4v) is 5.25. The number of sulfonamides is 1. The number of carbonyl (C=O) groups excluding carboxylic acids is 2. The molecule has 2 aromatic rings. The molecular weight excluding hydrogens is 426 g/mol. The number of likely N-dealkylation sites (tertiary alicyclic amines) is 1. The number of carbonyl (C=O) groups is 2. The molecule has 2 aromatic carbocycles. The molecule has 1 saturated heterocycles. The van der Waals surface area contributed by atoms with Crippen molar-refractivity contribution in [1.82, 2.24) is 10.2 Å². The zero-order chi connectivity index (χ0) is 23.3. The molecule has 2 N–H and O–H groups in total. The van der Waals surface area contributed by atoms with Crippen molar-refractivity contribution in [3.05, 3.63) is 59.2 Å². The Bertz CT molecular complexity index is 1100. The van der Waals surface area contributed by atoms with E-state index in [1.807, 2.05) is 19.9 Å². The summed E-state index contributed by atoms with van der Waals surface area (Å²) in [5.74, 6) is -0.435. The molecule has 1 fully saturated rings. The second-order valence-corrected chi connectivity index (χ2v) is 9.99. The first-order valence-electron chi connectivity index (χ1n) is 11.0. The number of hydrogen-bond donors (Lipinski definition) is 2. The van der Waals surface area contributed by atoms with E-state index >= 15 is 0 Å². The predicted octanol–water partition coefficient (Wildman–Crippen LogP) is 3.48. The van der Waals surface area contributed by atoms with Gasteiger partial charge in [-0.3, -0.25) is 14.3 Å². The van der Waals surface area contributed by atoms with Crippen LogP contribution in [0.4, 0.5) is 5.69 Å². The minimum atomic E-state index is -3.78. The highest BCUT2D eigenvalue weighted by Crippen LogP contribution is 2.23. The quantitative estimate of drug-likeness (QED) is 0.665. The largest absolute Gasteiger partial charge is 0.356 e. The van der Waals surface area contributed by atoms with Crippen LogP contribution in [0.3, 0.4) is 0 Å². The van der Waals surface area contributed by atoms with Crippen LogP contribution in [0.5, 0.6) is 0 Å². The van der Waals surface area contributed by atoms with E-state index in [4.69, 9.17) is 0 Å². The normalized spacial score (nSPS) is 16.5. The molecule has 1 atom stereocenters. The Kier molecular flexibility index (Phi) is 7.56. The van der Waals surface area contributed by atoms with Crippen LogP contribution in [-0.2, 0) is 14.8 Å². The number of benzene rings is 2. The van der Waals surface area contributed by atoms with E-state index in [2.05, 4.69) is 10.0 Å².